The third kappa shape index (κ3) is 3.60. The summed E-state index contributed by atoms with van der Waals surface area (Å²) in [6.45, 7) is 0. The van der Waals surface area contributed by atoms with E-state index in [9.17, 15) is 18.0 Å². The molecule has 2 aromatic rings. The molecule has 9 heteroatoms. The van der Waals surface area contributed by atoms with Gasteiger partial charge in [-0.3, -0.25) is 0 Å². The minimum Gasteiger partial charge on any atom is -0.478 e. The normalized spacial score (nSPS) is 11.2. The lowest BCUT2D eigenvalue weighted by molar-refractivity contribution is -0.141. The molecule has 1 N–H and O–H groups in total. The van der Waals surface area contributed by atoms with Crippen LogP contribution in [0.5, 0.6) is 11.6 Å². The number of halogens is 4. The Bertz CT molecular complexity index is 674. The summed E-state index contributed by atoms with van der Waals surface area (Å²) < 4.78 is 42.1. The summed E-state index contributed by atoms with van der Waals surface area (Å²) in [5.74, 6) is -1.68. The average Bonchev–Trinajstić information content (AvgIpc) is 2.40. The highest BCUT2D eigenvalue weighted by molar-refractivity contribution is 6.31. The zero-order valence-electron chi connectivity index (χ0n) is 10.1. The summed E-state index contributed by atoms with van der Waals surface area (Å²) in [5.41, 5.74) is -1.42. The van der Waals surface area contributed by atoms with Gasteiger partial charge in [0.1, 0.15) is 11.3 Å². The Labute approximate surface area is 120 Å². The summed E-state index contributed by atoms with van der Waals surface area (Å²) in [4.78, 5) is 11.0. The third-order valence-corrected chi connectivity index (χ3v) is 2.55. The van der Waals surface area contributed by atoms with E-state index in [1.807, 2.05) is 0 Å². The van der Waals surface area contributed by atoms with E-state index < -0.39 is 17.8 Å². The molecule has 0 radical (unpaired) electrons. The van der Waals surface area contributed by atoms with Crippen molar-refractivity contribution >= 4 is 17.6 Å². The van der Waals surface area contributed by atoms with Crippen molar-refractivity contribution in [1.29, 1.82) is 0 Å². The molecule has 0 aliphatic heterocycles. The van der Waals surface area contributed by atoms with Gasteiger partial charge in [0.2, 0.25) is 5.88 Å². The molecule has 0 saturated heterocycles. The molecular formula is C12H6ClF3N2O3. The molecular weight excluding hydrogens is 313 g/mol. The first-order chi connectivity index (χ1) is 9.77. The maximum atomic E-state index is 12.3. The number of aromatic carboxylic acids is 1. The second-order valence-corrected chi connectivity index (χ2v) is 4.24. The van der Waals surface area contributed by atoms with Crippen molar-refractivity contribution in [3.63, 3.8) is 0 Å². The van der Waals surface area contributed by atoms with Crippen molar-refractivity contribution < 1.29 is 27.8 Å². The van der Waals surface area contributed by atoms with Gasteiger partial charge in [-0.05, 0) is 24.3 Å². The largest absolute Gasteiger partial charge is 0.478 e. The summed E-state index contributed by atoms with van der Waals surface area (Å²) in [6, 6.07) is 5.41. The fourth-order valence-electron chi connectivity index (χ4n) is 1.40. The number of carbonyl (C=O) groups is 1. The lowest BCUT2D eigenvalue weighted by Gasteiger charge is -2.09. The molecule has 1 aromatic carbocycles. The monoisotopic (exact) mass is 318 g/mol. The van der Waals surface area contributed by atoms with Crippen molar-refractivity contribution in [2.75, 3.05) is 0 Å². The van der Waals surface area contributed by atoms with Gasteiger partial charge in [0.05, 0.1) is 0 Å². The quantitative estimate of drug-likeness (QED) is 0.935. The smallest absolute Gasteiger partial charge is 0.435 e. The van der Waals surface area contributed by atoms with Gasteiger partial charge < -0.3 is 9.84 Å². The second-order valence-electron chi connectivity index (χ2n) is 3.80. The Morgan fingerprint density at radius 3 is 2.43 bits per heavy atom. The van der Waals surface area contributed by atoms with Gasteiger partial charge in [-0.15, -0.1) is 10.2 Å². The van der Waals surface area contributed by atoms with Gasteiger partial charge in [0, 0.05) is 11.1 Å². The number of rotatable bonds is 3. The maximum absolute atomic E-state index is 12.3. The molecule has 1 aromatic heterocycles. The summed E-state index contributed by atoms with van der Waals surface area (Å²) in [5, 5.41) is 15.4. The minimum absolute atomic E-state index is 0.110. The van der Waals surface area contributed by atoms with Gasteiger partial charge in [0.15, 0.2) is 5.69 Å². The van der Waals surface area contributed by atoms with Gasteiger partial charge in [0.25, 0.3) is 0 Å². The Balaban J connectivity index is 2.28. The number of nitrogens with zero attached hydrogens (tertiary/aromatic N) is 2. The number of alkyl halides is 3. The Hall–Kier alpha value is -2.35. The molecule has 0 aliphatic carbocycles. The Kier molecular flexibility index (Phi) is 3.99. The summed E-state index contributed by atoms with van der Waals surface area (Å²) in [7, 11) is 0. The van der Waals surface area contributed by atoms with E-state index in [1.54, 1.807) is 0 Å². The van der Waals surface area contributed by atoms with E-state index >= 15 is 0 Å². The van der Waals surface area contributed by atoms with Crippen molar-refractivity contribution in [1.82, 2.24) is 10.2 Å². The van der Waals surface area contributed by atoms with Crippen LogP contribution in [-0.4, -0.2) is 21.3 Å². The van der Waals surface area contributed by atoms with Crippen LogP contribution in [0.15, 0.2) is 30.3 Å². The molecule has 0 spiro atoms. The fourth-order valence-corrected chi connectivity index (χ4v) is 1.57. The lowest BCUT2D eigenvalue weighted by atomic mass is 10.2. The number of carboxylic acids is 1. The molecule has 0 unspecified atom stereocenters. The fraction of sp³-hybridized carbons (Fsp3) is 0.0833. The van der Waals surface area contributed by atoms with E-state index in [2.05, 4.69) is 10.2 Å². The highest BCUT2D eigenvalue weighted by Crippen LogP contribution is 2.30. The molecule has 2 rings (SSSR count). The van der Waals surface area contributed by atoms with E-state index in [4.69, 9.17) is 21.4 Å². The lowest BCUT2D eigenvalue weighted by Crippen LogP contribution is -2.09. The third-order valence-electron chi connectivity index (χ3n) is 2.32. The molecule has 1 heterocycles. The first kappa shape index (κ1) is 15.0. The van der Waals surface area contributed by atoms with Crippen LogP contribution >= 0.6 is 11.6 Å². The topological polar surface area (TPSA) is 72.3 Å². The van der Waals surface area contributed by atoms with Crippen molar-refractivity contribution in [2.24, 2.45) is 0 Å². The van der Waals surface area contributed by atoms with E-state index in [-0.39, 0.29) is 22.2 Å². The number of benzene rings is 1. The molecule has 0 bridgehead atoms. The van der Waals surface area contributed by atoms with Crippen LogP contribution < -0.4 is 4.74 Å². The highest BCUT2D eigenvalue weighted by atomic mass is 35.5. The summed E-state index contributed by atoms with van der Waals surface area (Å²) >= 11 is 5.66. The molecule has 0 saturated carbocycles. The molecule has 0 fully saturated rings. The SMILES string of the molecule is O=C(O)c1cc(Cl)ccc1Oc1ccc(C(F)(F)F)nn1. The molecule has 0 aliphatic rings. The number of hydrogen-bond acceptors (Lipinski definition) is 4. The zero-order chi connectivity index (χ0) is 15.6. The Morgan fingerprint density at radius 2 is 1.90 bits per heavy atom. The number of ether oxygens (including phenoxy) is 1. The first-order valence-corrected chi connectivity index (χ1v) is 5.77. The van der Waals surface area contributed by atoms with E-state index in [0.717, 1.165) is 12.1 Å². The summed E-state index contributed by atoms with van der Waals surface area (Å²) in [6.07, 6.45) is -4.61. The molecule has 5 nitrogen and oxygen atoms in total. The van der Waals surface area contributed by atoms with Crippen LogP contribution in [0.1, 0.15) is 16.1 Å². The number of carboxylic acid groups (broad SMARTS) is 1. The van der Waals surface area contributed by atoms with Crippen LogP contribution in [-0.2, 0) is 6.18 Å². The molecule has 0 amide bonds. The number of aromatic nitrogens is 2. The van der Waals surface area contributed by atoms with Crippen LogP contribution in [0.2, 0.25) is 5.02 Å². The second kappa shape index (κ2) is 5.57. The van der Waals surface area contributed by atoms with Gasteiger partial charge in [-0.2, -0.15) is 13.2 Å². The van der Waals surface area contributed by atoms with Crippen LogP contribution in [0, 0.1) is 0 Å². The number of hydrogen-bond donors (Lipinski definition) is 1. The van der Waals surface area contributed by atoms with Crippen molar-refractivity contribution in [3.05, 3.63) is 46.6 Å². The molecule has 110 valence electrons. The van der Waals surface area contributed by atoms with E-state index in [0.29, 0.717) is 6.07 Å². The van der Waals surface area contributed by atoms with Crippen LogP contribution in [0.3, 0.4) is 0 Å². The first-order valence-electron chi connectivity index (χ1n) is 5.39. The predicted octanol–water partition coefficient (Wildman–Crippen LogP) is 3.64. The highest BCUT2D eigenvalue weighted by Gasteiger charge is 2.33. The van der Waals surface area contributed by atoms with E-state index in [1.165, 1.54) is 12.1 Å². The van der Waals surface area contributed by atoms with Crippen molar-refractivity contribution in [3.8, 4) is 11.6 Å². The van der Waals surface area contributed by atoms with Crippen molar-refractivity contribution in [2.45, 2.75) is 6.18 Å². The molecule has 0 atom stereocenters. The Morgan fingerprint density at radius 1 is 1.19 bits per heavy atom. The average molecular weight is 319 g/mol. The van der Waals surface area contributed by atoms with Gasteiger partial charge in [-0.1, -0.05) is 11.6 Å². The zero-order valence-corrected chi connectivity index (χ0v) is 10.8. The van der Waals surface area contributed by atoms with Crippen LogP contribution in [0.4, 0.5) is 13.2 Å². The van der Waals surface area contributed by atoms with Gasteiger partial charge in [-0.25, -0.2) is 4.79 Å². The standard InChI is InChI=1S/C12H6ClF3N2O3/c13-6-1-2-8(7(5-6)11(19)20)21-10-4-3-9(17-18-10)12(14,15)16/h1-5H,(H,19,20). The molecule has 21 heavy (non-hydrogen) atoms. The maximum Gasteiger partial charge on any atom is 0.435 e. The minimum atomic E-state index is -4.61. The van der Waals surface area contributed by atoms with Gasteiger partial charge >= 0.3 is 12.1 Å². The van der Waals surface area contributed by atoms with Crippen LogP contribution in [0.25, 0.3) is 0 Å². The predicted molar refractivity (Wildman–Crippen MR) is 65.5 cm³/mol.